The predicted molar refractivity (Wildman–Crippen MR) is 97.3 cm³/mol. The minimum atomic E-state index is 0.826. The summed E-state index contributed by atoms with van der Waals surface area (Å²) in [6.45, 7) is 0.932. The van der Waals surface area contributed by atoms with Crippen LogP contribution in [0.25, 0.3) is 10.8 Å². The van der Waals surface area contributed by atoms with E-state index in [4.69, 9.17) is 0 Å². The fourth-order valence-corrected chi connectivity index (χ4v) is 3.21. The largest absolute Gasteiger partial charge is 0.317 e. The highest BCUT2D eigenvalue weighted by Gasteiger charge is 2.08. The van der Waals surface area contributed by atoms with E-state index in [1.54, 1.807) is 0 Å². The Balaban J connectivity index is 0.000000172. The lowest BCUT2D eigenvalue weighted by atomic mass is 10.0. The molecule has 0 atom stereocenters. The fourth-order valence-electron chi connectivity index (χ4n) is 3.21. The standard InChI is InChI=1S/C12H13N.C8H17N/c1-13-9-11-7-4-6-10-5-2-3-8-12(10)11;1-9-8-6-4-2-3-5-7-8/h2-8,13H,9H2,1H3;8-9H,2-7H2,1H3. The SMILES string of the molecule is CNC1CCCCCC1.CNCc1cccc2ccccc12. The molecule has 0 bridgehead atoms. The molecule has 1 fully saturated rings. The molecule has 2 heteroatoms. The zero-order valence-electron chi connectivity index (χ0n) is 14.1. The number of hydrogen-bond acceptors (Lipinski definition) is 2. The van der Waals surface area contributed by atoms with Crippen molar-refractivity contribution in [1.82, 2.24) is 10.6 Å². The average Bonchev–Trinajstić information content (AvgIpc) is 2.85. The lowest BCUT2D eigenvalue weighted by Gasteiger charge is -2.10. The van der Waals surface area contributed by atoms with Crippen LogP contribution in [0.5, 0.6) is 0 Å². The van der Waals surface area contributed by atoms with E-state index in [0.29, 0.717) is 0 Å². The number of benzene rings is 2. The van der Waals surface area contributed by atoms with E-state index in [0.717, 1.165) is 12.6 Å². The molecule has 1 saturated carbocycles. The van der Waals surface area contributed by atoms with Gasteiger partial charge in [-0.1, -0.05) is 68.1 Å². The first-order valence-corrected chi connectivity index (χ1v) is 8.63. The second kappa shape index (κ2) is 9.60. The molecule has 2 nitrogen and oxygen atoms in total. The molecule has 0 aromatic heterocycles. The highest BCUT2D eigenvalue weighted by atomic mass is 14.9. The summed E-state index contributed by atoms with van der Waals surface area (Å²) in [6.07, 6.45) is 8.58. The summed E-state index contributed by atoms with van der Waals surface area (Å²) < 4.78 is 0. The van der Waals surface area contributed by atoms with Crippen LogP contribution in [0.3, 0.4) is 0 Å². The molecular formula is C20H30N2. The molecule has 2 aromatic carbocycles. The zero-order valence-corrected chi connectivity index (χ0v) is 14.1. The number of fused-ring (bicyclic) bond motifs is 1. The lowest BCUT2D eigenvalue weighted by molar-refractivity contribution is 0.499. The topological polar surface area (TPSA) is 24.1 Å². The fraction of sp³-hybridized carbons (Fsp3) is 0.500. The summed E-state index contributed by atoms with van der Waals surface area (Å²) in [5.41, 5.74) is 1.36. The van der Waals surface area contributed by atoms with Crippen molar-refractivity contribution in [3.05, 3.63) is 48.0 Å². The lowest BCUT2D eigenvalue weighted by Crippen LogP contribution is -2.23. The van der Waals surface area contributed by atoms with E-state index in [1.165, 1.54) is 54.9 Å². The van der Waals surface area contributed by atoms with Crippen molar-refractivity contribution in [3.8, 4) is 0 Å². The smallest absolute Gasteiger partial charge is 0.0208 e. The summed E-state index contributed by atoms with van der Waals surface area (Å²) in [4.78, 5) is 0. The maximum absolute atomic E-state index is 3.34. The first kappa shape index (κ1) is 17.0. The van der Waals surface area contributed by atoms with Crippen LogP contribution in [0.1, 0.15) is 44.1 Å². The van der Waals surface area contributed by atoms with Gasteiger partial charge in [0.25, 0.3) is 0 Å². The van der Waals surface area contributed by atoms with Crippen LogP contribution in [0.4, 0.5) is 0 Å². The van der Waals surface area contributed by atoms with Gasteiger partial charge < -0.3 is 10.6 Å². The Morgan fingerprint density at radius 3 is 2.23 bits per heavy atom. The summed E-state index contributed by atoms with van der Waals surface area (Å²) in [6, 6.07) is 15.7. The molecule has 0 spiro atoms. The first-order chi connectivity index (χ1) is 10.8. The van der Waals surface area contributed by atoms with Crippen molar-refractivity contribution in [2.24, 2.45) is 0 Å². The Labute approximate surface area is 135 Å². The molecule has 0 heterocycles. The van der Waals surface area contributed by atoms with Gasteiger partial charge in [-0.05, 0) is 43.3 Å². The molecule has 1 aliphatic carbocycles. The van der Waals surface area contributed by atoms with Crippen molar-refractivity contribution in [3.63, 3.8) is 0 Å². The molecule has 120 valence electrons. The summed E-state index contributed by atoms with van der Waals surface area (Å²) >= 11 is 0. The molecule has 0 aliphatic heterocycles. The highest BCUT2D eigenvalue weighted by molar-refractivity contribution is 5.85. The van der Waals surface area contributed by atoms with Crippen molar-refractivity contribution in [2.45, 2.75) is 51.1 Å². The molecule has 0 amide bonds. The Morgan fingerprint density at radius 1 is 0.864 bits per heavy atom. The maximum atomic E-state index is 3.34. The number of nitrogens with one attached hydrogen (secondary N) is 2. The van der Waals surface area contributed by atoms with Gasteiger partial charge in [-0.2, -0.15) is 0 Å². The Morgan fingerprint density at radius 2 is 1.55 bits per heavy atom. The first-order valence-electron chi connectivity index (χ1n) is 8.63. The van der Waals surface area contributed by atoms with Crippen LogP contribution >= 0.6 is 0 Å². The van der Waals surface area contributed by atoms with Gasteiger partial charge in [0.15, 0.2) is 0 Å². The molecule has 3 rings (SSSR count). The second-order valence-corrected chi connectivity index (χ2v) is 6.15. The quantitative estimate of drug-likeness (QED) is 0.816. The predicted octanol–water partition coefficient (Wildman–Crippen LogP) is 4.49. The number of rotatable bonds is 3. The summed E-state index contributed by atoms with van der Waals surface area (Å²) in [7, 11) is 4.05. The third-order valence-electron chi connectivity index (χ3n) is 4.51. The van der Waals surface area contributed by atoms with Gasteiger partial charge in [-0.25, -0.2) is 0 Å². The molecule has 0 saturated heterocycles. The van der Waals surface area contributed by atoms with Gasteiger partial charge in [-0.3, -0.25) is 0 Å². The third-order valence-corrected chi connectivity index (χ3v) is 4.51. The second-order valence-electron chi connectivity index (χ2n) is 6.15. The Bertz CT molecular complexity index is 537. The Kier molecular flexibility index (Phi) is 7.41. The monoisotopic (exact) mass is 298 g/mol. The van der Waals surface area contributed by atoms with Crippen molar-refractivity contribution >= 4 is 10.8 Å². The van der Waals surface area contributed by atoms with E-state index >= 15 is 0 Å². The van der Waals surface area contributed by atoms with E-state index in [9.17, 15) is 0 Å². The zero-order chi connectivity index (χ0) is 15.6. The minimum Gasteiger partial charge on any atom is -0.317 e. The number of hydrogen-bond donors (Lipinski definition) is 2. The van der Waals surface area contributed by atoms with Gasteiger partial charge in [0.1, 0.15) is 0 Å². The maximum Gasteiger partial charge on any atom is 0.0208 e. The van der Waals surface area contributed by atoms with Gasteiger partial charge in [0.2, 0.25) is 0 Å². The van der Waals surface area contributed by atoms with Crippen LogP contribution in [0.15, 0.2) is 42.5 Å². The van der Waals surface area contributed by atoms with Gasteiger partial charge in [0.05, 0.1) is 0 Å². The molecule has 0 unspecified atom stereocenters. The van der Waals surface area contributed by atoms with Crippen LogP contribution in [-0.4, -0.2) is 20.1 Å². The van der Waals surface area contributed by atoms with E-state index in [1.807, 2.05) is 7.05 Å². The highest BCUT2D eigenvalue weighted by Crippen LogP contribution is 2.18. The van der Waals surface area contributed by atoms with Crippen molar-refractivity contribution < 1.29 is 0 Å². The van der Waals surface area contributed by atoms with Crippen LogP contribution in [0, 0.1) is 0 Å². The Hall–Kier alpha value is -1.38. The third kappa shape index (κ3) is 5.11. The van der Waals surface area contributed by atoms with Crippen LogP contribution in [0.2, 0.25) is 0 Å². The molecule has 1 aliphatic rings. The van der Waals surface area contributed by atoms with Crippen molar-refractivity contribution in [1.29, 1.82) is 0 Å². The van der Waals surface area contributed by atoms with Crippen LogP contribution < -0.4 is 10.6 Å². The van der Waals surface area contributed by atoms with Crippen molar-refractivity contribution in [2.75, 3.05) is 14.1 Å². The molecule has 0 radical (unpaired) electrons. The van der Waals surface area contributed by atoms with Gasteiger partial charge in [0, 0.05) is 12.6 Å². The van der Waals surface area contributed by atoms with E-state index < -0.39 is 0 Å². The van der Waals surface area contributed by atoms with Gasteiger partial charge in [-0.15, -0.1) is 0 Å². The van der Waals surface area contributed by atoms with E-state index in [2.05, 4.69) is 60.1 Å². The minimum absolute atomic E-state index is 0.826. The molecular weight excluding hydrogens is 268 g/mol. The van der Waals surface area contributed by atoms with Gasteiger partial charge >= 0.3 is 0 Å². The molecule has 2 aromatic rings. The van der Waals surface area contributed by atoms with Crippen LogP contribution in [-0.2, 0) is 6.54 Å². The average molecular weight is 298 g/mol. The normalized spacial score (nSPS) is 15.9. The summed E-state index contributed by atoms with van der Waals surface area (Å²) in [5.74, 6) is 0. The molecule has 2 N–H and O–H groups in total. The van der Waals surface area contributed by atoms with E-state index in [-0.39, 0.29) is 0 Å². The summed E-state index contributed by atoms with van der Waals surface area (Å²) in [5, 5.41) is 9.18. The molecule has 22 heavy (non-hydrogen) atoms.